The summed E-state index contributed by atoms with van der Waals surface area (Å²) in [6, 6.07) is 32.2. The molecule has 24 heterocycles. The Labute approximate surface area is 916 Å². The van der Waals surface area contributed by atoms with Crippen molar-refractivity contribution >= 4 is 130 Å². The minimum Gasteiger partial charge on any atom is -0.522 e. The van der Waals surface area contributed by atoms with Gasteiger partial charge in [-0.05, 0) is 70.9 Å². The summed E-state index contributed by atoms with van der Waals surface area (Å²) in [6.45, 7) is 0. The maximum Gasteiger partial charge on any atom is 2.00 e. The Hall–Kier alpha value is -15.6. The number of hydrogen-bond donors (Lipinski definition) is 0. The number of aryl methyl sites for hydroxylation is 9. The molecule has 0 aliphatic heterocycles. The first-order valence-electron chi connectivity index (χ1n) is 43.4. The fraction of sp³-hybridized carbons (Fsp3) is 0.0857. The average molecular weight is 3030 g/mol. The molecule has 0 N–H and O–H groups in total. The molecule has 0 aliphatic rings. The summed E-state index contributed by atoms with van der Waals surface area (Å²) in [4.78, 5) is 37.7. The predicted octanol–water partition coefficient (Wildman–Crippen LogP) is 17.9. The van der Waals surface area contributed by atoms with Gasteiger partial charge in [-0.25, -0.2) is 15.0 Å². The molecule has 0 radical (unpaired) electrons. The van der Waals surface area contributed by atoms with Gasteiger partial charge in [0.2, 0.25) is 19.0 Å². The van der Waals surface area contributed by atoms with Crippen LogP contribution in [0.25, 0.3) is 234 Å². The van der Waals surface area contributed by atoms with Crippen molar-refractivity contribution in [2.24, 2.45) is 63.4 Å². The van der Waals surface area contributed by atoms with E-state index in [-0.39, 0.29) is 126 Å². The van der Waals surface area contributed by atoms with Gasteiger partial charge in [0, 0.05) is 212 Å². The van der Waals surface area contributed by atoms with E-state index in [2.05, 4.69) is 138 Å². The van der Waals surface area contributed by atoms with E-state index < -0.39 is 0 Å². The maximum absolute atomic E-state index is 5.74. The van der Waals surface area contributed by atoms with E-state index in [1.54, 1.807) is 145 Å². The molecule has 147 heavy (non-hydrogen) atoms. The Morgan fingerprint density at radius 1 is 0.238 bits per heavy atom. The van der Waals surface area contributed by atoms with Crippen molar-refractivity contribution in [3.05, 3.63) is 335 Å². The van der Waals surface area contributed by atoms with Crippen molar-refractivity contribution in [2.45, 2.75) is 0 Å². The number of aromatic nitrogens is 24. The molecule has 0 saturated heterocycles. The van der Waals surface area contributed by atoms with Crippen LogP contribution >= 0.6 is 0 Å². The van der Waals surface area contributed by atoms with E-state index in [1.165, 1.54) is 0 Å². The molecule has 0 unspecified atom stereocenters. The summed E-state index contributed by atoms with van der Waals surface area (Å²) in [5, 5.41) is 15.9. The normalized spacial score (nSPS) is 11.2. The molecule has 30 aromatic rings. The third-order valence-electron chi connectivity index (χ3n) is 23.9. The van der Waals surface area contributed by atoms with E-state index in [9.17, 15) is 0 Å². The zero-order chi connectivity index (χ0) is 94.9. The molecule has 0 spiro atoms. The average Bonchev–Trinajstić information content (AvgIpc) is 1.63. The maximum atomic E-state index is 5.74. The van der Waals surface area contributed by atoms with Crippen LogP contribution in [0.1, 0.15) is 0 Å². The van der Waals surface area contributed by atoms with E-state index in [1.807, 2.05) is 229 Å². The number of imidazole rings is 12. The van der Waals surface area contributed by atoms with Gasteiger partial charge in [-0.2, -0.15) is 0 Å². The summed E-state index contributed by atoms with van der Waals surface area (Å²) in [5.74, 6) is 8.50. The first-order chi connectivity index (χ1) is 69.0. The second-order valence-corrected chi connectivity index (χ2v) is 33.0. The van der Waals surface area contributed by atoms with Gasteiger partial charge in [0.05, 0.1) is 147 Å². The minimum absolute atomic E-state index is 0. The van der Waals surface area contributed by atoms with Crippen LogP contribution in [0, 0.1) is 93.0 Å². The number of fused-ring (bicyclic) bond motifs is 12. The van der Waals surface area contributed by atoms with Crippen LogP contribution in [0.4, 0.5) is 0 Å². The van der Waals surface area contributed by atoms with Crippen LogP contribution in [-0.2, 0) is 190 Å². The first kappa shape index (κ1) is 100. The zero-order valence-corrected chi connectivity index (χ0v) is 91.2. The Balaban J connectivity index is 0.000000110. The van der Waals surface area contributed by atoms with E-state index in [4.69, 9.17) is 53.0 Å². The van der Waals surface area contributed by atoms with Gasteiger partial charge in [0.1, 0.15) is 34.8 Å². The predicted molar refractivity (Wildman–Crippen MR) is 505 cm³/mol. The summed E-state index contributed by atoms with van der Waals surface area (Å²) >= 11 is 0. The van der Waals surface area contributed by atoms with Crippen LogP contribution < -0.4 is 13.7 Å². The molecule has 0 saturated carbocycles. The molecule has 6 aromatic carbocycles. The molecule has 0 amide bonds. The molecule has 0 atom stereocenters. The summed E-state index contributed by atoms with van der Waals surface area (Å²) in [7, 11) is 17.3. The van der Waals surface area contributed by atoms with E-state index in [0.717, 1.165) is 182 Å². The van der Waals surface area contributed by atoms with Crippen LogP contribution in [0.5, 0.6) is 0 Å². The van der Waals surface area contributed by atoms with Crippen molar-refractivity contribution in [2.75, 3.05) is 0 Å². The van der Waals surface area contributed by atoms with Crippen LogP contribution in [0.15, 0.2) is 295 Å². The summed E-state index contributed by atoms with van der Waals surface area (Å²) in [5.41, 5.74) is 9.63. The van der Waals surface area contributed by atoms with Gasteiger partial charge in [-0.3, -0.25) is 0 Å². The fourth-order valence-corrected chi connectivity index (χ4v) is 16.9. The van der Waals surface area contributed by atoms with Crippen LogP contribution in [0.2, 0.25) is 0 Å². The molecule has 42 heteroatoms. The Kier molecular flexibility index (Phi) is 28.0. The molecular weight excluding hydrogens is 2960 g/mol. The van der Waals surface area contributed by atoms with Crippen molar-refractivity contribution in [1.29, 1.82) is 0 Å². The number of hydrogen-bond acceptors (Lipinski definition) is 21. The Morgan fingerprint density at radius 3 is 0.633 bits per heavy atom. The molecule has 36 nitrogen and oxygen atoms in total. The standard InChI is InChI=1S/3C18H12N4O2.3C17H10N4O2.6Pt/c3*1-20-5-6-22(11-20)15-10-23-16-7-12-9-24-17(13(12)8-14(15)16)18-19-3-4-21(18)2;3*1-20-4-3-19-17(20)16-12-7-13-14(21-5-2-18-10-21)9-22-15(13)6-11(12)8-23-16;;;;;;/h3*4-7,9-10H,1-2H3;3*2-6,8-9H,1H3;;;;;;/q6*-2;;;;3*+2. The fourth-order valence-electron chi connectivity index (χ4n) is 16.9. The Morgan fingerprint density at radius 2 is 0.456 bits per heavy atom. The van der Waals surface area contributed by atoms with Gasteiger partial charge in [0.25, 0.3) is 0 Å². The first-order valence-corrected chi connectivity index (χ1v) is 43.4. The third kappa shape index (κ3) is 18.1. The van der Waals surface area contributed by atoms with Gasteiger partial charge in [-0.15, -0.1) is 55.0 Å². The molecule has 30 rings (SSSR count). The van der Waals surface area contributed by atoms with Crippen LogP contribution in [-0.4, -0.2) is 99.7 Å². The van der Waals surface area contributed by atoms with Crippen molar-refractivity contribution in [3.63, 3.8) is 0 Å². The second-order valence-electron chi connectivity index (χ2n) is 33.0. The van der Waals surface area contributed by atoms with E-state index >= 15 is 0 Å². The monoisotopic (exact) mass is 3020 g/mol. The quantitative estimate of drug-likeness (QED) is 0.0810. The second kappa shape index (κ2) is 41.2. The van der Waals surface area contributed by atoms with Gasteiger partial charge < -0.3 is 151 Å². The molecule has 0 aliphatic carbocycles. The molecule has 744 valence electrons. The van der Waals surface area contributed by atoms with Gasteiger partial charge >= 0.3 is 63.2 Å². The largest absolute Gasteiger partial charge is 2.00 e. The van der Waals surface area contributed by atoms with Gasteiger partial charge in [0.15, 0.2) is 0 Å². The topological polar surface area (TPSA) is 344 Å². The number of nitrogens with zero attached hydrogens (tertiary/aromatic N) is 24. The Bertz CT molecular complexity index is 8990. The molecule has 0 fully saturated rings. The number of rotatable bonds is 12. The molecular formula is C105H66N24O12Pt6-6. The molecule has 0 bridgehead atoms. The third-order valence-corrected chi connectivity index (χ3v) is 23.9. The van der Waals surface area contributed by atoms with Crippen molar-refractivity contribution in [1.82, 2.24) is 99.7 Å². The van der Waals surface area contributed by atoms with E-state index in [0.29, 0.717) is 52.0 Å². The SMILES string of the molecule is Cn1c[c-]nc1-c1occ2cc3occ(-n4[c-][n+](C)cc4)c3[c-]c12.Cn1c[c-]nc1-c1occ2cc3occ(-n4[c-][n+](C)cc4)c3[c-]c12.Cn1c[c-]nc1-c1occ2cc3occ(-n4[c-][n+](C)cc4)c3[c-]c12.Cn1ccnc1-c1occ2cc3occ(-n4[c-]ncc4)c3[c-]c12.Cn1ccnc1-c1occ2cc3occ(-n4[c-]ncc4)c3[c-]c12.Cn1ccnc1-c1occ2cc3occ(-n4[c-]ncc4)c3[c-]c12.[Pt+2].[Pt+2].[Pt+2].[Pt].[Pt].[Pt]. The summed E-state index contributed by atoms with van der Waals surface area (Å²) in [6.07, 6.45) is 85.1. The minimum atomic E-state index is 0. The number of benzene rings is 6. The molecule has 24 aromatic heterocycles. The summed E-state index contributed by atoms with van der Waals surface area (Å²) < 4.78 is 96.2. The smallest absolute Gasteiger partial charge is 0.522 e. The van der Waals surface area contributed by atoms with Crippen molar-refractivity contribution < 1.29 is 193 Å². The van der Waals surface area contributed by atoms with Crippen LogP contribution in [0.3, 0.4) is 0 Å². The number of furan rings is 12. The zero-order valence-electron chi connectivity index (χ0n) is 77.5. The van der Waals surface area contributed by atoms with Crippen molar-refractivity contribution in [3.8, 4) is 104 Å². The van der Waals surface area contributed by atoms with Gasteiger partial charge in [-0.1, -0.05) is 157 Å².